The molecule has 0 saturated heterocycles. The minimum atomic E-state index is -0.481. The summed E-state index contributed by atoms with van der Waals surface area (Å²) in [7, 11) is 0. The number of fused-ring (bicyclic) bond motifs is 1. The maximum Gasteiger partial charge on any atom is 0.227 e. The normalized spacial score (nSPS) is 17.3. The van der Waals surface area contributed by atoms with Gasteiger partial charge in [-0.15, -0.1) is 0 Å². The Morgan fingerprint density at radius 3 is 2.58 bits per heavy atom. The van der Waals surface area contributed by atoms with E-state index in [0.29, 0.717) is 13.0 Å². The van der Waals surface area contributed by atoms with Crippen LogP contribution in [-0.4, -0.2) is 17.6 Å². The van der Waals surface area contributed by atoms with Gasteiger partial charge in [-0.25, -0.2) is 0 Å². The van der Waals surface area contributed by atoms with Crippen molar-refractivity contribution >= 4 is 11.6 Å². The van der Waals surface area contributed by atoms with E-state index in [4.69, 9.17) is 0 Å². The monoisotopic (exact) mass is 261 g/mol. The van der Waals surface area contributed by atoms with Crippen molar-refractivity contribution in [2.24, 2.45) is 5.41 Å². The molecular weight excluding hydrogens is 238 g/mol. The Bertz CT molecular complexity index is 488. The molecule has 0 radical (unpaired) electrons. The van der Waals surface area contributed by atoms with E-state index in [1.807, 2.05) is 44.7 Å². The van der Waals surface area contributed by atoms with E-state index in [1.165, 1.54) is 5.56 Å². The van der Waals surface area contributed by atoms with Gasteiger partial charge in [0.2, 0.25) is 5.91 Å². The van der Waals surface area contributed by atoms with Crippen LogP contribution in [0.2, 0.25) is 0 Å². The van der Waals surface area contributed by atoms with Gasteiger partial charge in [0.05, 0.1) is 6.10 Å². The molecule has 1 amide bonds. The number of hydrogen-bond donors (Lipinski definition) is 1. The Hall–Kier alpha value is -1.35. The predicted octanol–water partition coefficient (Wildman–Crippen LogP) is 3.07. The minimum absolute atomic E-state index is 0.177. The molecule has 1 aliphatic heterocycles. The number of benzene rings is 1. The van der Waals surface area contributed by atoms with E-state index in [2.05, 4.69) is 6.07 Å². The molecule has 1 atom stereocenters. The molecule has 0 fully saturated rings. The highest BCUT2D eigenvalue weighted by Crippen LogP contribution is 2.36. The number of nitrogens with zero attached hydrogens (tertiary/aromatic N) is 1. The molecule has 2 rings (SSSR count). The van der Waals surface area contributed by atoms with Crippen molar-refractivity contribution in [2.45, 2.75) is 46.6 Å². The van der Waals surface area contributed by atoms with Gasteiger partial charge < -0.3 is 10.0 Å². The average molecular weight is 261 g/mol. The van der Waals surface area contributed by atoms with Crippen molar-refractivity contribution in [1.29, 1.82) is 0 Å². The van der Waals surface area contributed by atoms with Crippen molar-refractivity contribution in [1.82, 2.24) is 0 Å². The van der Waals surface area contributed by atoms with Gasteiger partial charge in [0.25, 0.3) is 0 Å². The number of aliphatic hydroxyl groups excluding tert-OH is 1. The fraction of sp³-hybridized carbons (Fsp3) is 0.562. The predicted molar refractivity (Wildman–Crippen MR) is 77.2 cm³/mol. The van der Waals surface area contributed by atoms with Gasteiger partial charge in [0.15, 0.2) is 0 Å². The molecule has 1 unspecified atom stereocenters. The molecule has 0 aromatic heterocycles. The first kappa shape index (κ1) is 14.1. The van der Waals surface area contributed by atoms with Gasteiger partial charge in [-0.3, -0.25) is 4.79 Å². The lowest BCUT2D eigenvalue weighted by Crippen LogP contribution is -2.34. The Kier molecular flexibility index (Phi) is 3.68. The molecule has 1 N–H and O–H groups in total. The van der Waals surface area contributed by atoms with Crippen molar-refractivity contribution in [2.75, 3.05) is 11.4 Å². The first-order valence-electron chi connectivity index (χ1n) is 6.96. The van der Waals surface area contributed by atoms with Crippen LogP contribution in [0.5, 0.6) is 0 Å². The zero-order valence-electron chi connectivity index (χ0n) is 12.2. The molecule has 1 aromatic carbocycles. The maximum absolute atomic E-state index is 11.8. The Labute approximate surface area is 115 Å². The summed E-state index contributed by atoms with van der Waals surface area (Å²) in [6.07, 6.45) is 0.858. The molecule has 0 saturated carbocycles. The first-order chi connectivity index (χ1) is 8.84. The topological polar surface area (TPSA) is 40.5 Å². The highest BCUT2D eigenvalue weighted by atomic mass is 16.3. The van der Waals surface area contributed by atoms with E-state index < -0.39 is 6.10 Å². The maximum atomic E-state index is 11.8. The van der Waals surface area contributed by atoms with Crippen molar-refractivity contribution < 1.29 is 9.90 Å². The second kappa shape index (κ2) is 4.97. The number of carbonyl (C=O) groups excluding carboxylic acids is 1. The van der Waals surface area contributed by atoms with Crippen LogP contribution < -0.4 is 4.90 Å². The van der Waals surface area contributed by atoms with E-state index in [9.17, 15) is 9.90 Å². The summed E-state index contributed by atoms with van der Waals surface area (Å²) in [6, 6.07) is 5.97. The standard InChI is InChI=1S/C16H23NO2/c1-5-17-13-8-6-12(15(19)16(2,3)4)10-11(13)7-9-14(17)18/h6,8,10,15,19H,5,7,9H2,1-4H3. The van der Waals surface area contributed by atoms with Crippen LogP contribution in [0.15, 0.2) is 18.2 Å². The second-order valence-corrected chi connectivity index (χ2v) is 6.29. The fourth-order valence-electron chi connectivity index (χ4n) is 2.60. The fourth-order valence-corrected chi connectivity index (χ4v) is 2.60. The zero-order valence-corrected chi connectivity index (χ0v) is 12.2. The van der Waals surface area contributed by atoms with Crippen molar-refractivity contribution in [3.05, 3.63) is 29.3 Å². The number of rotatable bonds is 2. The van der Waals surface area contributed by atoms with Gasteiger partial charge in [-0.2, -0.15) is 0 Å². The van der Waals surface area contributed by atoms with E-state index in [0.717, 1.165) is 17.7 Å². The molecule has 3 heteroatoms. The third kappa shape index (κ3) is 2.66. The minimum Gasteiger partial charge on any atom is -0.388 e. The largest absolute Gasteiger partial charge is 0.388 e. The smallest absolute Gasteiger partial charge is 0.227 e. The quantitative estimate of drug-likeness (QED) is 0.889. The summed E-state index contributed by atoms with van der Waals surface area (Å²) in [5.74, 6) is 0.194. The molecule has 3 nitrogen and oxygen atoms in total. The third-order valence-electron chi connectivity index (χ3n) is 3.76. The average Bonchev–Trinajstić information content (AvgIpc) is 2.36. The van der Waals surface area contributed by atoms with Crippen LogP contribution in [0.4, 0.5) is 5.69 Å². The molecule has 19 heavy (non-hydrogen) atoms. The molecule has 1 heterocycles. The lowest BCUT2D eigenvalue weighted by Gasteiger charge is -2.31. The highest BCUT2D eigenvalue weighted by molar-refractivity contribution is 5.96. The molecule has 0 bridgehead atoms. The number of aliphatic hydroxyl groups is 1. The number of anilines is 1. The highest BCUT2D eigenvalue weighted by Gasteiger charge is 2.27. The molecule has 104 valence electrons. The lowest BCUT2D eigenvalue weighted by atomic mass is 9.83. The Balaban J connectivity index is 2.38. The van der Waals surface area contributed by atoms with E-state index in [-0.39, 0.29) is 11.3 Å². The Morgan fingerprint density at radius 2 is 2.00 bits per heavy atom. The van der Waals surface area contributed by atoms with Crippen LogP contribution in [0.25, 0.3) is 0 Å². The van der Waals surface area contributed by atoms with E-state index in [1.54, 1.807) is 0 Å². The molecule has 0 aliphatic carbocycles. The number of hydrogen-bond acceptors (Lipinski definition) is 2. The van der Waals surface area contributed by atoms with Gasteiger partial charge in [-0.1, -0.05) is 32.9 Å². The van der Waals surface area contributed by atoms with Gasteiger partial charge in [0.1, 0.15) is 0 Å². The SMILES string of the molecule is CCN1C(=O)CCc2cc(C(O)C(C)(C)C)ccc21. The van der Waals surface area contributed by atoms with Gasteiger partial charge >= 0.3 is 0 Å². The summed E-state index contributed by atoms with van der Waals surface area (Å²) in [5.41, 5.74) is 2.94. The van der Waals surface area contributed by atoms with Gasteiger partial charge in [0, 0.05) is 18.7 Å². The summed E-state index contributed by atoms with van der Waals surface area (Å²) in [4.78, 5) is 13.7. The lowest BCUT2D eigenvalue weighted by molar-refractivity contribution is -0.118. The second-order valence-electron chi connectivity index (χ2n) is 6.29. The summed E-state index contributed by atoms with van der Waals surface area (Å²) < 4.78 is 0. The zero-order chi connectivity index (χ0) is 14.2. The van der Waals surface area contributed by atoms with Crippen LogP contribution in [0.1, 0.15) is 51.3 Å². The number of amides is 1. The summed E-state index contributed by atoms with van der Waals surface area (Å²) >= 11 is 0. The van der Waals surface area contributed by atoms with Crippen molar-refractivity contribution in [3.63, 3.8) is 0 Å². The molecule has 0 spiro atoms. The van der Waals surface area contributed by atoms with Crippen LogP contribution in [-0.2, 0) is 11.2 Å². The van der Waals surface area contributed by atoms with E-state index >= 15 is 0 Å². The van der Waals surface area contributed by atoms with Crippen LogP contribution in [0, 0.1) is 5.41 Å². The molecular formula is C16H23NO2. The summed E-state index contributed by atoms with van der Waals surface area (Å²) in [6.45, 7) is 8.77. The number of aryl methyl sites for hydroxylation is 1. The third-order valence-corrected chi connectivity index (χ3v) is 3.76. The summed E-state index contributed by atoms with van der Waals surface area (Å²) in [5, 5.41) is 10.4. The van der Waals surface area contributed by atoms with Crippen LogP contribution in [0.3, 0.4) is 0 Å². The molecule has 1 aromatic rings. The van der Waals surface area contributed by atoms with Gasteiger partial charge in [-0.05, 0) is 36.0 Å². The first-order valence-corrected chi connectivity index (χ1v) is 6.96. The Morgan fingerprint density at radius 1 is 1.32 bits per heavy atom. The molecule has 1 aliphatic rings. The van der Waals surface area contributed by atoms with Crippen molar-refractivity contribution in [3.8, 4) is 0 Å². The van der Waals surface area contributed by atoms with Crippen LogP contribution >= 0.6 is 0 Å². The number of carbonyl (C=O) groups is 1.